The third-order valence-electron chi connectivity index (χ3n) is 4.78. The van der Waals surface area contributed by atoms with Gasteiger partial charge in [-0.1, -0.05) is 0 Å². The minimum absolute atomic E-state index is 0.330. The van der Waals surface area contributed by atoms with E-state index in [4.69, 9.17) is 15.3 Å². The fraction of sp³-hybridized carbons (Fsp3) is 0.800. The monoisotopic (exact) mass is 577 g/mol. The molecule has 0 saturated heterocycles. The van der Waals surface area contributed by atoms with E-state index >= 15 is 0 Å². The van der Waals surface area contributed by atoms with Crippen molar-refractivity contribution in [1.82, 2.24) is 5.32 Å². The Kier molecular flexibility index (Phi) is 17.5. The highest BCUT2D eigenvalue weighted by Gasteiger charge is 2.33. The smallest absolute Gasteiger partial charge is 0.337 e. The molecule has 0 heterocycles. The number of esters is 3. The molecule has 0 rings (SSSR count). The molecule has 0 spiro atoms. The largest absolute Gasteiger partial charge is 0.461 e. The van der Waals surface area contributed by atoms with Crippen molar-refractivity contribution in [2.45, 2.75) is 61.4 Å². The highest BCUT2D eigenvalue weighted by molar-refractivity contribution is 5.81. The molecule has 0 aliphatic heterocycles. The molecule has 0 fully saturated rings. The summed E-state index contributed by atoms with van der Waals surface area (Å²) in [7, 11) is 0. The molecule has 0 bridgehead atoms. The van der Waals surface area contributed by atoms with Crippen molar-refractivity contribution in [2.24, 2.45) is 0 Å². The van der Waals surface area contributed by atoms with Crippen LogP contribution in [0.15, 0.2) is 0 Å². The molecule has 9 unspecified atom stereocenters. The number of aliphatic hydroxyl groups excluding tert-OH is 11. The van der Waals surface area contributed by atoms with Crippen molar-refractivity contribution in [3.05, 3.63) is 0 Å². The van der Waals surface area contributed by atoms with Crippen LogP contribution in [0.1, 0.15) is 6.42 Å². The predicted molar refractivity (Wildman–Crippen MR) is 119 cm³/mol. The molecule has 1 amide bonds. The van der Waals surface area contributed by atoms with Crippen LogP contribution >= 0.6 is 0 Å². The second-order valence-corrected chi connectivity index (χ2v) is 8.03. The predicted octanol–water partition coefficient (Wildman–Crippen LogP) is -8.65. The Labute approximate surface area is 220 Å². The number of hydrogen-bond donors (Lipinski definition) is 12. The normalized spacial score (nSPS) is 18.3. The van der Waals surface area contributed by atoms with Crippen molar-refractivity contribution < 1.29 is 89.6 Å². The highest BCUT2D eigenvalue weighted by atomic mass is 16.6. The maximum Gasteiger partial charge on any atom is 0.337 e. The molecular formula is C20H35NO18. The lowest BCUT2D eigenvalue weighted by molar-refractivity contribution is -0.177. The van der Waals surface area contributed by atoms with E-state index in [1.54, 1.807) is 0 Å². The van der Waals surface area contributed by atoms with Crippen LogP contribution in [-0.4, -0.2) is 175 Å². The first-order valence-corrected chi connectivity index (χ1v) is 11.3. The Balaban J connectivity index is 4.54. The number of rotatable bonds is 19. The van der Waals surface area contributed by atoms with Gasteiger partial charge >= 0.3 is 17.9 Å². The van der Waals surface area contributed by atoms with E-state index in [0.29, 0.717) is 0 Å². The summed E-state index contributed by atoms with van der Waals surface area (Å²) in [5, 5.41) is 105. The van der Waals surface area contributed by atoms with Gasteiger partial charge in [0.2, 0.25) is 0 Å². The molecule has 9 atom stereocenters. The van der Waals surface area contributed by atoms with Crippen molar-refractivity contribution in [3.8, 4) is 0 Å². The van der Waals surface area contributed by atoms with Gasteiger partial charge in [-0.05, 0) is 6.42 Å². The van der Waals surface area contributed by atoms with Gasteiger partial charge in [0.1, 0.15) is 44.2 Å². The minimum atomic E-state index is -2.39. The van der Waals surface area contributed by atoms with E-state index in [9.17, 15) is 60.0 Å². The molecule has 228 valence electrons. The Hall–Kier alpha value is -2.56. The second kappa shape index (κ2) is 18.7. The van der Waals surface area contributed by atoms with Crippen LogP contribution in [-0.2, 0) is 33.4 Å². The Morgan fingerprint density at radius 2 is 0.974 bits per heavy atom. The summed E-state index contributed by atoms with van der Waals surface area (Å²) in [5.74, 6) is -5.79. The maximum atomic E-state index is 11.8. The van der Waals surface area contributed by atoms with Crippen molar-refractivity contribution in [1.29, 1.82) is 0 Å². The third-order valence-corrected chi connectivity index (χ3v) is 4.78. The van der Waals surface area contributed by atoms with Crippen LogP contribution in [0.5, 0.6) is 0 Å². The summed E-state index contributed by atoms with van der Waals surface area (Å²) in [5.41, 5.74) is 0. The van der Waals surface area contributed by atoms with Gasteiger partial charge in [0.25, 0.3) is 5.91 Å². The highest BCUT2D eigenvalue weighted by Crippen LogP contribution is 2.05. The average Bonchev–Trinajstić information content (AvgIpc) is 2.93. The zero-order valence-electron chi connectivity index (χ0n) is 20.4. The Bertz CT molecular complexity index is 767. The van der Waals surface area contributed by atoms with E-state index in [1.165, 1.54) is 0 Å². The summed E-state index contributed by atoms with van der Waals surface area (Å²) in [6.45, 7) is -5.00. The van der Waals surface area contributed by atoms with E-state index in [1.807, 2.05) is 5.32 Å². The summed E-state index contributed by atoms with van der Waals surface area (Å²) in [6, 6.07) is 0. The molecule has 0 aliphatic rings. The van der Waals surface area contributed by atoms with Crippen LogP contribution < -0.4 is 5.32 Å². The van der Waals surface area contributed by atoms with E-state index in [-0.39, 0.29) is 6.42 Å². The van der Waals surface area contributed by atoms with E-state index in [0.717, 1.165) is 0 Å². The molecule has 0 aliphatic carbocycles. The maximum absolute atomic E-state index is 11.8. The van der Waals surface area contributed by atoms with Crippen molar-refractivity contribution >= 4 is 23.8 Å². The first-order chi connectivity index (χ1) is 18.2. The first kappa shape index (κ1) is 36.4. The van der Waals surface area contributed by atoms with Gasteiger partial charge in [-0.3, -0.25) is 4.79 Å². The summed E-state index contributed by atoms with van der Waals surface area (Å²) in [4.78, 5) is 46.8. The second-order valence-electron chi connectivity index (χ2n) is 8.03. The number of amides is 1. The van der Waals surface area contributed by atoms with E-state index in [2.05, 4.69) is 14.2 Å². The van der Waals surface area contributed by atoms with Gasteiger partial charge in [-0.2, -0.15) is 0 Å². The number of hydrogen-bond acceptors (Lipinski definition) is 18. The SMILES string of the molecule is O=C(NCC(O)C(O)C(=O)OCC(O)C(O)C(=O)OCC(O)C(O)C(=O)OCC(O)CO)C(O)C(O)CCO. The van der Waals surface area contributed by atoms with Crippen molar-refractivity contribution in [2.75, 3.05) is 39.6 Å². The Morgan fingerprint density at radius 3 is 1.38 bits per heavy atom. The molecule has 0 saturated carbocycles. The van der Waals surface area contributed by atoms with Gasteiger partial charge in [0, 0.05) is 13.2 Å². The van der Waals surface area contributed by atoms with Crippen LogP contribution in [0.2, 0.25) is 0 Å². The molecule has 19 heteroatoms. The van der Waals surface area contributed by atoms with E-state index < -0.39 is 118 Å². The molecular weight excluding hydrogens is 542 g/mol. The third kappa shape index (κ3) is 13.4. The number of ether oxygens (including phenoxy) is 3. The number of nitrogens with one attached hydrogen (secondary N) is 1. The summed E-state index contributed by atoms with van der Waals surface area (Å²) >= 11 is 0. The van der Waals surface area contributed by atoms with Crippen LogP contribution in [0.4, 0.5) is 0 Å². The van der Waals surface area contributed by atoms with Gasteiger partial charge in [-0.25, -0.2) is 14.4 Å². The molecule has 0 aromatic rings. The van der Waals surface area contributed by atoms with Gasteiger partial charge in [-0.15, -0.1) is 0 Å². The standard InChI is InChI=1S/C20H35NO18/c22-2-1-9(25)13(29)17(33)21-3-10(26)14(30)18(34)38-6-12(28)16(32)20(36)39-7-11(27)15(31)19(35)37-5-8(24)4-23/h8-16,22-32H,1-7H2,(H,21,33). The van der Waals surface area contributed by atoms with Crippen molar-refractivity contribution in [3.63, 3.8) is 0 Å². The van der Waals surface area contributed by atoms with Gasteiger partial charge in [0.05, 0.1) is 12.7 Å². The average molecular weight is 577 g/mol. The lowest BCUT2D eigenvalue weighted by Gasteiger charge is -2.22. The van der Waals surface area contributed by atoms with Gasteiger partial charge in [0.15, 0.2) is 24.4 Å². The zero-order valence-corrected chi connectivity index (χ0v) is 20.4. The Morgan fingerprint density at radius 1 is 0.564 bits per heavy atom. The molecule has 0 radical (unpaired) electrons. The molecule has 19 nitrogen and oxygen atoms in total. The van der Waals surface area contributed by atoms with Crippen LogP contribution in [0.25, 0.3) is 0 Å². The quantitative estimate of drug-likeness (QED) is 0.0500. The fourth-order valence-electron chi connectivity index (χ4n) is 2.36. The molecule has 0 aromatic heterocycles. The molecule has 12 N–H and O–H groups in total. The molecule has 0 aromatic carbocycles. The number of carbonyl (C=O) groups excluding carboxylic acids is 4. The summed E-state index contributed by atoms with van der Waals surface area (Å²) in [6.07, 6.45) is -18.5. The van der Waals surface area contributed by atoms with Crippen LogP contribution in [0, 0.1) is 0 Å². The van der Waals surface area contributed by atoms with Crippen LogP contribution in [0.3, 0.4) is 0 Å². The topological polar surface area (TPSA) is 331 Å². The number of aliphatic hydroxyl groups is 11. The lowest BCUT2D eigenvalue weighted by Crippen LogP contribution is -2.49. The first-order valence-electron chi connectivity index (χ1n) is 11.3. The fourth-order valence-corrected chi connectivity index (χ4v) is 2.36. The van der Waals surface area contributed by atoms with Gasteiger partial charge < -0.3 is 75.7 Å². The number of carbonyl (C=O) groups is 4. The lowest BCUT2D eigenvalue weighted by atomic mass is 10.1. The summed E-state index contributed by atoms with van der Waals surface area (Å²) < 4.78 is 13.3. The zero-order chi connectivity index (χ0) is 30.3. The molecule has 39 heavy (non-hydrogen) atoms. The minimum Gasteiger partial charge on any atom is -0.461 e.